The molecule has 0 bridgehead atoms. The zero-order valence-electron chi connectivity index (χ0n) is 7.32. The molecule has 2 heterocycles. The zero-order chi connectivity index (χ0) is 9.42. The van der Waals surface area contributed by atoms with E-state index in [1.165, 1.54) is 4.90 Å². The fourth-order valence-electron chi connectivity index (χ4n) is 1.64. The minimum atomic E-state index is -0.862. The molecular weight excluding hydrogens is 170 g/mol. The van der Waals surface area contributed by atoms with E-state index in [0.717, 1.165) is 11.3 Å². The number of amides is 1. The molecule has 0 spiro atoms. The number of nitrogens with one attached hydrogen (secondary N) is 1. The predicted molar refractivity (Wildman–Crippen MR) is 45.3 cm³/mol. The van der Waals surface area contributed by atoms with E-state index in [0.29, 0.717) is 13.0 Å². The molecule has 2 rings (SSSR count). The molecule has 0 fully saturated rings. The standard InChI is InChI=1S/C8H11N3O2/c1-5-2-7-6(3-9-10-7)4-11(5)8(12)13/h3,5H,2,4H2,1H3,(H,9,10)(H,12,13)/t5-/m0/s1. The van der Waals surface area contributed by atoms with Gasteiger partial charge in [0.2, 0.25) is 0 Å². The first kappa shape index (κ1) is 8.10. The Morgan fingerprint density at radius 1 is 1.85 bits per heavy atom. The molecule has 0 saturated heterocycles. The molecule has 5 nitrogen and oxygen atoms in total. The molecule has 13 heavy (non-hydrogen) atoms. The molecule has 1 aliphatic rings. The summed E-state index contributed by atoms with van der Waals surface area (Å²) >= 11 is 0. The highest BCUT2D eigenvalue weighted by atomic mass is 16.4. The van der Waals surface area contributed by atoms with Crippen LogP contribution in [0.2, 0.25) is 0 Å². The lowest BCUT2D eigenvalue weighted by Gasteiger charge is -2.29. The van der Waals surface area contributed by atoms with Gasteiger partial charge in [0.15, 0.2) is 0 Å². The van der Waals surface area contributed by atoms with Gasteiger partial charge >= 0.3 is 6.09 Å². The van der Waals surface area contributed by atoms with Crippen molar-refractivity contribution < 1.29 is 9.90 Å². The highest BCUT2D eigenvalue weighted by molar-refractivity contribution is 5.66. The third-order valence-corrected chi connectivity index (χ3v) is 2.42. The molecule has 0 radical (unpaired) electrons. The van der Waals surface area contributed by atoms with Crippen molar-refractivity contribution in [2.24, 2.45) is 0 Å². The number of hydrogen-bond acceptors (Lipinski definition) is 2. The Morgan fingerprint density at radius 2 is 2.62 bits per heavy atom. The van der Waals surface area contributed by atoms with E-state index >= 15 is 0 Å². The van der Waals surface area contributed by atoms with Crippen molar-refractivity contribution in [1.29, 1.82) is 0 Å². The van der Waals surface area contributed by atoms with Crippen LogP contribution in [0.3, 0.4) is 0 Å². The normalized spacial score (nSPS) is 21.3. The van der Waals surface area contributed by atoms with E-state index in [2.05, 4.69) is 10.2 Å². The Labute approximate surface area is 75.4 Å². The van der Waals surface area contributed by atoms with Crippen LogP contribution < -0.4 is 0 Å². The van der Waals surface area contributed by atoms with E-state index in [4.69, 9.17) is 5.11 Å². The number of fused-ring (bicyclic) bond motifs is 1. The maximum Gasteiger partial charge on any atom is 0.407 e. The van der Waals surface area contributed by atoms with Crippen LogP contribution in [0.1, 0.15) is 18.2 Å². The minimum Gasteiger partial charge on any atom is -0.465 e. The number of H-pyrrole nitrogens is 1. The van der Waals surface area contributed by atoms with E-state index in [-0.39, 0.29) is 6.04 Å². The van der Waals surface area contributed by atoms with Crippen molar-refractivity contribution in [1.82, 2.24) is 15.1 Å². The van der Waals surface area contributed by atoms with Crippen LogP contribution in [-0.4, -0.2) is 32.3 Å². The van der Waals surface area contributed by atoms with Crippen LogP contribution in [0.25, 0.3) is 0 Å². The number of hydrogen-bond donors (Lipinski definition) is 2. The van der Waals surface area contributed by atoms with Gasteiger partial charge in [-0.2, -0.15) is 5.10 Å². The Balaban J connectivity index is 2.27. The van der Waals surface area contributed by atoms with E-state index in [9.17, 15) is 4.79 Å². The monoisotopic (exact) mass is 181 g/mol. The first-order valence-electron chi connectivity index (χ1n) is 4.19. The number of carboxylic acid groups (broad SMARTS) is 1. The molecule has 5 heteroatoms. The smallest absolute Gasteiger partial charge is 0.407 e. The van der Waals surface area contributed by atoms with Gasteiger partial charge in [0.25, 0.3) is 0 Å². The second-order valence-corrected chi connectivity index (χ2v) is 3.32. The van der Waals surface area contributed by atoms with E-state index in [1.807, 2.05) is 6.92 Å². The molecule has 2 N–H and O–H groups in total. The van der Waals surface area contributed by atoms with Gasteiger partial charge in [-0.05, 0) is 6.92 Å². The lowest BCUT2D eigenvalue weighted by Crippen LogP contribution is -2.41. The fraction of sp³-hybridized carbons (Fsp3) is 0.500. The third kappa shape index (κ3) is 1.26. The summed E-state index contributed by atoms with van der Waals surface area (Å²) in [6.07, 6.45) is 1.60. The van der Waals surface area contributed by atoms with Crippen molar-refractivity contribution in [3.8, 4) is 0 Å². The maximum absolute atomic E-state index is 10.8. The third-order valence-electron chi connectivity index (χ3n) is 2.42. The van der Waals surface area contributed by atoms with Crippen LogP contribution in [0, 0.1) is 0 Å². The van der Waals surface area contributed by atoms with Gasteiger partial charge in [-0.15, -0.1) is 0 Å². The second-order valence-electron chi connectivity index (χ2n) is 3.32. The van der Waals surface area contributed by atoms with Gasteiger partial charge in [-0.1, -0.05) is 0 Å². The first-order valence-corrected chi connectivity index (χ1v) is 4.19. The Kier molecular flexibility index (Phi) is 1.72. The summed E-state index contributed by atoms with van der Waals surface area (Å²) in [6.45, 7) is 2.34. The van der Waals surface area contributed by atoms with Crippen molar-refractivity contribution in [3.63, 3.8) is 0 Å². The van der Waals surface area contributed by atoms with Crippen LogP contribution in [0.4, 0.5) is 4.79 Å². The molecule has 0 saturated carbocycles. The molecule has 1 aromatic rings. The summed E-state index contributed by atoms with van der Waals surface area (Å²) < 4.78 is 0. The van der Waals surface area contributed by atoms with Crippen LogP contribution in [0.5, 0.6) is 0 Å². The first-order chi connectivity index (χ1) is 6.18. The summed E-state index contributed by atoms with van der Waals surface area (Å²) in [5.41, 5.74) is 1.98. The highest BCUT2D eigenvalue weighted by Gasteiger charge is 2.27. The summed E-state index contributed by atoms with van der Waals surface area (Å²) in [4.78, 5) is 12.2. The predicted octanol–water partition coefficient (Wildman–Crippen LogP) is 0.834. The number of nitrogens with zero attached hydrogens (tertiary/aromatic N) is 2. The number of aromatic nitrogens is 2. The van der Waals surface area contributed by atoms with Gasteiger partial charge in [-0.3, -0.25) is 5.10 Å². The molecule has 1 atom stereocenters. The average Bonchev–Trinajstić information content (AvgIpc) is 2.48. The number of aromatic amines is 1. The summed E-state index contributed by atoms with van der Waals surface area (Å²) in [5.74, 6) is 0. The summed E-state index contributed by atoms with van der Waals surface area (Å²) in [7, 11) is 0. The number of carbonyl (C=O) groups is 1. The topological polar surface area (TPSA) is 69.2 Å². The van der Waals surface area contributed by atoms with E-state index in [1.54, 1.807) is 6.20 Å². The SMILES string of the molecule is C[C@H]1Cc2n[nH]cc2CN1C(=O)O. The lowest BCUT2D eigenvalue weighted by atomic mass is 10.0. The summed E-state index contributed by atoms with van der Waals surface area (Å²) in [5, 5.41) is 15.7. The van der Waals surface area contributed by atoms with Gasteiger partial charge < -0.3 is 10.0 Å². The lowest BCUT2D eigenvalue weighted by molar-refractivity contribution is 0.119. The minimum absolute atomic E-state index is 0.0216. The van der Waals surface area contributed by atoms with Crippen molar-refractivity contribution in [3.05, 3.63) is 17.5 Å². The molecule has 70 valence electrons. The Bertz CT molecular complexity index is 334. The van der Waals surface area contributed by atoms with Crippen molar-refractivity contribution in [2.45, 2.75) is 25.9 Å². The molecule has 1 aromatic heterocycles. The van der Waals surface area contributed by atoms with Gasteiger partial charge in [0.1, 0.15) is 0 Å². The molecule has 1 aliphatic heterocycles. The Morgan fingerprint density at radius 3 is 3.31 bits per heavy atom. The molecular formula is C8H11N3O2. The van der Waals surface area contributed by atoms with Gasteiger partial charge in [0, 0.05) is 24.2 Å². The van der Waals surface area contributed by atoms with Crippen molar-refractivity contribution >= 4 is 6.09 Å². The largest absolute Gasteiger partial charge is 0.465 e. The van der Waals surface area contributed by atoms with E-state index < -0.39 is 6.09 Å². The van der Waals surface area contributed by atoms with Crippen LogP contribution in [-0.2, 0) is 13.0 Å². The molecule has 1 amide bonds. The molecule has 0 aromatic carbocycles. The van der Waals surface area contributed by atoms with Crippen LogP contribution in [0.15, 0.2) is 6.20 Å². The molecule has 0 unspecified atom stereocenters. The molecule has 0 aliphatic carbocycles. The van der Waals surface area contributed by atoms with Gasteiger partial charge in [-0.25, -0.2) is 4.79 Å². The zero-order valence-corrected chi connectivity index (χ0v) is 7.32. The maximum atomic E-state index is 10.8. The Hall–Kier alpha value is -1.52. The highest BCUT2D eigenvalue weighted by Crippen LogP contribution is 2.20. The van der Waals surface area contributed by atoms with Crippen molar-refractivity contribution in [2.75, 3.05) is 0 Å². The summed E-state index contributed by atoms with van der Waals surface area (Å²) in [6, 6.07) is 0.0216. The second kappa shape index (κ2) is 2.76. The van der Waals surface area contributed by atoms with Gasteiger partial charge in [0.05, 0.1) is 12.2 Å². The number of rotatable bonds is 0. The van der Waals surface area contributed by atoms with Crippen LogP contribution >= 0.6 is 0 Å². The average molecular weight is 181 g/mol. The quantitative estimate of drug-likeness (QED) is 0.623. The fourth-order valence-corrected chi connectivity index (χ4v) is 1.64.